The number of benzene rings is 3. The largest absolute Gasteiger partial charge is 0.416 e. The van der Waals surface area contributed by atoms with Gasteiger partial charge in [0.05, 0.1) is 28.1 Å². The Balaban J connectivity index is 1.15. The van der Waals surface area contributed by atoms with E-state index in [1.807, 2.05) is 18.2 Å². The second-order valence-corrected chi connectivity index (χ2v) is 15.0. The van der Waals surface area contributed by atoms with Gasteiger partial charge in [0.1, 0.15) is 6.54 Å². The number of para-hydroxylation sites is 1. The summed E-state index contributed by atoms with van der Waals surface area (Å²) in [4.78, 5) is 56.2. The molecule has 8 rings (SSSR count). The molecule has 7 nitrogen and oxygen atoms in total. The molecule has 3 fully saturated rings. The summed E-state index contributed by atoms with van der Waals surface area (Å²) in [7, 11) is 0. The fourth-order valence-electron chi connectivity index (χ4n) is 8.25. The number of amides is 3. The summed E-state index contributed by atoms with van der Waals surface area (Å²) in [6.45, 7) is -0.391. The Morgan fingerprint density at radius 3 is 2.32 bits per heavy atom. The Labute approximate surface area is 279 Å². The first kappa shape index (κ1) is 30.5. The van der Waals surface area contributed by atoms with E-state index in [2.05, 4.69) is 5.32 Å². The Bertz CT molecular complexity index is 2000. The highest BCUT2D eigenvalue weighted by Crippen LogP contribution is 2.69. The van der Waals surface area contributed by atoms with Gasteiger partial charge in [-0.1, -0.05) is 59.3 Å². The van der Waals surface area contributed by atoms with Crippen molar-refractivity contribution in [3.8, 4) is 0 Å². The number of halogens is 4. The number of anilines is 2. The third-order valence-electron chi connectivity index (χ3n) is 9.97. The average Bonchev–Trinajstić information content (AvgIpc) is 3.76. The number of alkyl halides is 3. The summed E-state index contributed by atoms with van der Waals surface area (Å²) >= 11 is 8.77. The molecule has 3 amide bonds. The van der Waals surface area contributed by atoms with Gasteiger partial charge in [0, 0.05) is 26.8 Å². The van der Waals surface area contributed by atoms with Crippen molar-refractivity contribution in [3.05, 3.63) is 110 Å². The highest BCUT2D eigenvalue weighted by molar-refractivity contribution is 8.00. The van der Waals surface area contributed by atoms with Gasteiger partial charge in [-0.05, 0) is 72.2 Å². The molecule has 7 atom stereocenters. The van der Waals surface area contributed by atoms with Crippen molar-refractivity contribution in [1.29, 1.82) is 0 Å². The summed E-state index contributed by atoms with van der Waals surface area (Å²) in [5.41, 5.74) is 0.558. The lowest BCUT2D eigenvalue weighted by atomic mass is 9.68. The molecular weight excluding hydrogens is 671 g/mol. The summed E-state index contributed by atoms with van der Waals surface area (Å²) in [5, 5.41) is 3.57. The van der Waals surface area contributed by atoms with Crippen LogP contribution in [-0.4, -0.2) is 27.5 Å². The Kier molecular flexibility index (Phi) is 7.19. The minimum Gasteiger partial charge on any atom is -0.325 e. The normalized spacial score (nSPS) is 27.5. The smallest absolute Gasteiger partial charge is 0.325 e. The van der Waals surface area contributed by atoms with E-state index in [0.717, 1.165) is 33.9 Å². The van der Waals surface area contributed by atoms with E-state index in [1.165, 1.54) is 33.4 Å². The van der Waals surface area contributed by atoms with Gasteiger partial charge in [-0.15, -0.1) is 11.8 Å². The van der Waals surface area contributed by atoms with Gasteiger partial charge >= 0.3 is 11.0 Å². The summed E-state index contributed by atoms with van der Waals surface area (Å²) in [5.74, 6) is -2.47. The van der Waals surface area contributed by atoms with Crippen molar-refractivity contribution < 1.29 is 27.6 Å². The fraction of sp³-hybridized carbons (Fsp3) is 0.294. The molecule has 3 heterocycles. The van der Waals surface area contributed by atoms with Gasteiger partial charge < -0.3 is 5.32 Å². The van der Waals surface area contributed by atoms with Crippen molar-refractivity contribution in [3.63, 3.8) is 0 Å². The number of imide groups is 1. The first-order valence-electron chi connectivity index (χ1n) is 15.1. The molecule has 1 saturated heterocycles. The third-order valence-corrected chi connectivity index (χ3v) is 13.0. The SMILES string of the molecule is O=C(Cn1c2c(sc1=O)C(c1ccc(Cl)cc1)C1C3CC(C1S2)C1C(=O)N(c2ccccc2)C(=O)C31)Nc1cccc(C(F)(F)F)c1. The van der Waals surface area contributed by atoms with Crippen LogP contribution in [0.4, 0.5) is 24.5 Å². The lowest BCUT2D eigenvalue weighted by Gasteiger charge is -2.43. The Morgan fingerprint density at radius 2 is 1.62 bits per heavy atom. The van der Waals surface area contributed by atoms with E-state index >= 15 is 0 Å². The maximum Gasteiger partial charge on any atom is 0.416 e. The van der Waals surface area contributed by atoms with E-state index in [9.17, 15) is 32.3 Å². The second kappa shape index (κ2) is 11.1. The molecule has 2 aliphatic heterocycles. The molecule has 7 unspecified atom stereocenters. The van der Waals surface area contributed by atoms with Crippen LogP contribution in [0.3, 0.4) is 0 Å². The molecule has 1 N–H and O–H groups in total. The van der Waals surface area contributed by atoms with E-state index in [-0.39, 0.29) is 51.3 Å². The zero-order chi connectivity index (χ0) is 32.8. The number of hydrogen-bond donors (Lipinski definition) is 1. The molecule has 240 valence electrons. The summed E-state index contributed by atoms with van der Waals surface area (Å²) in [6.07, 6.45) is -3.87. The van der Waals surface area contributed by atoms with E-state index < -0.39 is 36.0 Å². The third kappa shape index (κ3) is 4.86. The molecule has 13 heteroatoms. The van der Waals surface area contributed by atoms with Crippen molar-refractivity contribution >= 4 is 63.8 Å². The number of thiazole rings is 1. The molecule has 1 aromatic heterocycles. The number of nitrogens with zero attached hydrogens (tertiary/aromatic N) is 2. The van der Waals surface area contributed by atoms with Gasteiger partial charge in [-0.25, -0.2) is 0 Å². The number of carbonyl (C=O) groups excluding carboxylic acids is 3. The monoisotopic (exact) mass is 695 g/mol. The van der Waals surface area contributed by atoms with Crippen molar-refractivity contribution in [1.82, 2.24) is 4.57 Å². The molecule has 0 spiro atoms. The standard InChI is InChI=1S/C34H25ClF3N3O4S2/c35-18-11-9-16(10-12-18)24-25-21-14-22(27-26(21)30(43)41(31(27)44)20-7-2-1-3-8-20)28(25)46-32-29(24)47-33(45)40(32)15-23(42)39-19-6-4-5-17(13-19)34(36,37)38/h1-13,21-22,24-28H,14-15H2,(H,39,42). The van der Waals surface area contributed by atoms with Crippen molar-refractivity contribution in [2.75, 3.05) is 10.2 Å². The molecule has 2 saturated carbocycles. The fourth-order valence-corrected chi connectivity index (χ4v) is 11.5. The minimum absolute atomic E-state index is 0.0275. The molecule has 0 radical (unpaired) electrons. The van der Waals surface area contributed by atoms with Crippen LogP contribution >= 0.6 is 34.7 Å². The summed E-state index contributed by atoms with van der Waals surface area (Å²) in [6, 6.07) is 20.7. The van der Waals surface area contributed by atoms with Crippen LogP contribution in [0, 0.1) is 29.6 Å². The number of aromatic nitrogens is 1. The zero-order valence-electron chi connectivity index (χ0n) is 24.3. The average molecular weight is 696 g/mol. The van der Waals surface area contributed by atoms with Gasteiger partial charge in [0.2, 0.25) is 17.7 Å². The Hall–Kier alpha value is -3.87. The van der Waals surface area contributed by atoms with Crippen LogP contribution in [0.15, 0.2) is 88.7 Å². The molecular formula is C34H25ClF3N3O4S2. The number of thioether (sulfide) groups is 1. The molecule has 4 aliphatic rings. The number of carbonyl (C=O) groups is 3. The van der Waals surface area contributed by atoms with Crippen LogP contribution < -0.4 is 15.1 Å². The number of rotatable bonds is 5. The number of hydrogen-bond acceptors (Lipinski definition) is 6. The van der Waals surface area contributed by atoms with Gasteiger partial charge in [0.25, 0.3) is 0 Å². The lowest BCUT2D eigenvalue weighted by Crippen LogP contribution is -2.43. The van der Waals surface area contributed by atoms with Crippen LogP contribution in [-0.2, 0) is 27.1 Å². The predicted octanol–water partition coefficient (Wildman–Crippen LogP) is 6.90. The lowest BCUT2D eigenvalue weighted by molar-refractivity contribution is -0.137. The van der Waals surface area contributed by atoms with Crippen LogP contribution in [0.25, 0.3) is 0 Å². The van der Waals surface area contributed by atoms with Crippen LogP contribution in [0.1, 0.15) is 28.3 Å². The molecule has 2 aliphatic carbocycles. The van der Waals surface area contributed by atoms with Crippen molar-refractivity contribution in [2.45, 2.75) is 35.3 Å². The molecule has 2 bridgehead atoms. The second-order valence-electron chi connectivity index (χ2n) is 12.4. The zero-order valence-corrected chi connectivity index (χ0v) is 26.7. The molecule has 3 aromatic carbocycles. The maximum atomic E-state index is 13.9. The van der Waals surface area contributed by atoms with Crippen LogP contribution in [0.5, 0.6) is 0 Å². The first-order chi connectivity index (χ1) is 22.5. The number of fused-ring (bicyclic) bond motifs is 9. The predicted molar refractivity (Wildman–Crippen MR) is 173 cm³/mol. The topological polar surface area (TPSA) is 88.5 Å². The van der Waals surface area contributed by atoms with Gasteiger partial charge in [0.15, 0.2) is 0 Å². The van der Waals surface area contributed by atoms with Gasteiger partial charge in [-0.2, -0.15) is 13.2 Å². The first-order valence-corrected chi connectivity index (χ1v) is 17.1. The van der Waals surface area contributed by atoms with Crippen LogP contribution in [0.2, 0.25) is 5.02 Å². The highest BCUT2D eigenvalue weighted by atomic mass is 35.5. The molecule has 47 heavy (non-hydrogen) atoms. The highest BCUT2D eigenvalue weighted by Gasteiger charge is 2.69. The van der Waals surface area contributed by atoms with E-state index in [4.69, 9.17) is 11.6 Å². The Morgan fingerprint density at radius 1 is 0.915 bits per heavy atom. The quantitative estimate of drug-likeness (QED) is 0.230. The number of nitrogens with one attached hydrogen (secondary N) is 1. The summed E-state index contributed by atoms with van der Waals surface area (Å²) < 4.78 is 41.1. The van der Waals surface area contributed by atoms with E-state index in [0.29, 0.717) is 22.2 Å². The van der Waals surface area contributed by atoms with E-state index in [1.54, 1.807) is 36.4 Å². The maximum absolute atomic E-state index is 13.9. The van der Waals surface area contributed by atoms with Gasteiger partial charge in [-0.3, -0.25) is 28.6 Å². The molecule has 4 aromatic rings. The van der Waals surface area contributed by atoms with Crippen molar-refractivity contribution in [2.24, 2.45) is 29.6 Å². The minimum atomic E-state index is -4.57.